The van der Waals surface area contributed by atoms with Crippen LogP contribution in [0.1, 0.15) is 17.3 Å². The summed E-state index contributed by atoms with van der Waals surface area (Å²) >= 11 is 0. The van der Waals surface area contributed by atoms with Gasteiger partial charge in [-0.15, -0.1) is 0 Å². The summed E-state index contributed by atoms with van der Waals surface area (Å²) in [4.78, 5) is 16.4. The topological polar surface area (TPSA) is 41.4 Å². The van der Waals surface area contributed by atoms with Crippen LogP contribution < -0.4 is 4.90 Å². The summed E-state index contributed by atoms with van der Waals surface area (Å²) < 4.78 is 1.84. The number of carbonyl (C=O) groups is 1. The molecule has 0 aliphatic rings. The predicted octanol–water partition coefficient (Wildman–Crippen LogP) is 2.11. The maximum Gasteiger partial charge on any atom is 0.253 e. The van der Waals surface area contributed by atoms with Gasteiger partial charge in [0, 0.05) is 50.8 Å². The molecule has 0 spiro atoms. The molecule has 2 aromatic rings. The molecule has 5 heteroatoms. The number of aromatic nitrogens is 2. The van der Waals surface area contributed by atoms with E-state index in [4.69, 9.17) is 0 Å². The summed E-state index contributed by atoms with van der Waals surface area (Å²) in [5, 5.41) is 4.16. The molecule has 5 nitrogen and oxygen atoms in total. The van der Waals surface area contributed by atoms with Gasteiger partial charge in [0.1, 0.15) is 0 Å². The molecular weight excluding hydrogens is 264 g/mol. The van der Waals surface area contributed by atoms with Crippen LogP contribution in [0.2, 0.25) is 0 Å². The maximum atomic E-state index is 12.6. The number of carbonyl (C=O) groups excluding carboxylic acids is 1. The van der Waals surface area contributed by atoms with E-state index in [1.165, 1.54) is 0 Å². The van der Waals surface area contributed by atoms with E-state index in [2.05, 4.69) is 5.10 Å². The lowest BCUT2D eigenvalue weighted by atomic mass is 10.1. The van der Waals surface area contributed by atoms with Gasteiger partial charge in [-0.3, -0.25) is 9.48 Å². The van der Waals surface area contributed by atoms with Gasteiger partial charge in [-0.05, 0) is 31.2 Å². The van der Waals surface area contributed by atoms with Crippen LogP contribution in [0.25, 0.3) is 0 Å². The van der Waals surface area contributed by atoms with Gasteiger partial charge in [0.25, 0.3) is 5.91 Å². The third kappa shape index (κ3) is 3.84. The van der Waals surface area contributed by atoms with Gasteiger partial charge in [0.2, 0.25) is 0 Å². The number of hydrogen-bond donors (Lipinski definition) is 0. The van der Waals surface area contributed by atoms with Gasteiger partial charge in [-0.25, -0.2) is 0 Å². The minimum atomic E-state index is 0.0633. The van der Waals surface area contributed by atoms with Crippen LogP contribution in [0, 0.1) is 0 Å². The quantitative estimate of drug-likeness (QED) is 0.816. The molecule has 1 aromatic heterocycles. The number of benzene rings is 1. The SMILES string of the molecule is CCN(CCn1cccn1)C(=O)c1cccc(N(C)C)c1. The molecular formula is C16H22N4O. The summed E-state index contributed by atoms with van der Waals surface area (Å²) in [5.41, 5.74) is 1.76. The zero-order valence-electron chi connectivity index (χ0n) is 12.9. The van der Waals surface area contributed by atoms with Crippen LogP contribution in [0.15, 0.2) is 42.7 Å². The largest absolute Gasteiger partial charge is 0.378 e. The molecule has 0 fully saturated rings. The molecule has 2 rings (SSSR count). The molecule has 0 aliphatic heterocycles. The van der Waals surface area contributed by atoms with Crippen molar-refractivity contribution in [2.75, 3.05) is 32.1 Å². The Morgan fingerprint density at radius 3 is 2.71 bits per heavy atom. The Morgan fingerprint density at radius 1 is 1.29 bits per heavy atom. The Hall–Kier alpha value is -2.30. The molecule has 0 saturated heterocycles. The number of hydrogen-bond acceptors (Lipinski definition) is 3. The van der Waals surface area contributed by atoms with Crippen molar-refractivity contribution >= 4 is 11.6 Å². The second-order valence-electron chi connectivity index (χ2n) is 5.10. The van der Waals surface area contributed by atoms with Gasteiger partial charge in [0.05, 0.1) is 6.54 Å². The molecule has 1 aromatic carbocycles. The number of rotatable bonds is 6. The lowest BCUT2D eigenvalue weighted by Crippen LogP contribution is -2.34. The highest BCUT2D eigenvalue weighted by Crippen LogP contribution is 2.15. The van der Waals surface area contributed by atoms with Crippen LogP contribution in [-0.2, 0) is 6.54 Å². The Bertz CT molecular complexity index is 578. The van der Waals surface area contributed by atoms with Crippen LogP contribution >= 0.6 is 0 Å². The molecule has 0 bridgehead atoms. The van der Waals surface area contributed by atoms with Crippen molar-refractivity contribution in [3.8, 4) is 0 Å². The lowest BCUT2D eigenvalue weighted by molar-refractivity contribution is 0.0757. The minimum Gasteiger partial charge on any atom is -0.378 e. The molecule has 112 valence electrons. The highest BCUT2D eigenvalue weighted by Gasteiger charge is 2.14. The van der Waals surface area contributed by atoms with Gasteiger partial charge >= 0.3 is 0 Å². The molecule has 21 heavy (non-hydrogen) atoms. The number of amides is 1. The average molecular weight is 286 g/mol. The Labute approximate surface area is 125 Å². The van der Waals surface area contributed by atoms with Crippen LogP contribution in [-0.4, -0.2) is 47.8 Å². The minimum absolute atomic E-state index is 0.0633. The first-order chi connectivity index (χ1) is 10.1. The summed E-state index contributed by atoms with van der Waals surface area (Å²) in [6.45, 7) is 4.05. The summed E-state index contributed by atoms with van der Waals surface area (Å²) in [6.07, 6.45) is 3.66. The van der Waals surface area contributed by atoms with E-state index in [0.717, 1.165) is 11.3 Å². The standard InChI is InChI=1S/C16H22N4O/c1-4-19(11-12-20-10-6-9-17-20)16(21)14-7-5-8-15(13-14)18(2)3/h5-10,13H,4,11-12H2,1-3H3. The van der Waals surface area contributed by atoms with E-state index < -0.39 is 0 Å². The first-order valence-corrected chi connectivity index (χ1v) is 7.16. The van der Waals surface area contributed by atoms with Gasteiger partial charge in [0.15, 0.2) is 0 Å². The van der Waals surface area contributed by atoms with E-state index in [1.54, 1.807) is 6.20 Å². The molecule has 0 N–H and O–H groups in total. The molecule has 0 radical (unpaired) electrons. The highest BCUT2D eigenvalue weighted by atomic mass is 16.2. The van der Waals surface area contributed by atoms with Crippen molar-refractivity contribution in [1.29, 1.82) is 0 Å². The molecule has 0 atom stereocenters. The third-order valence-corrected chi connectivity index (χ3v) is 3.44. The molecule has 0 aliphatic carbocycles. The molecule has 0 saturated carbocycles. The van der Waals surface area contributed by atoms with Crippen molar-refractivity contribution in [1.82, 2.24) is 14.7 Å². The molecule has 1 amide bonds. The van der Waals surface area contributed by atoms with Gasteiger partial charge < -0.3 is 9.80 Å². The van der Waals surface area contributed by atoms with Crippen molar-refractivity contribution < 1.29 is 4.79 Å². The first kappa shape index (κ1) is 15.1. The van der Waals surface area contributed by atoms with Gasteiger partial charge in [-0.2, -0.15) is 5.10 Å². The monoisotopic (exact) mass is 286 g/mol. The lowest BCUT2D eigenvalue weighted by Gasteiger charge is -2.22. The fraction of sp³-hybridized carbons (Fsp3) is 0.375. The van der Waals surface area contributed by atoms with Crippen LogP contribution in [0.3, 0.4) is 0 Å². The normalized spacial score (nSPS) is 10.4. The fourth-order valence-electron chi connectivity index (χ4n) is 2.16. The van der Waals surface area contributed by atoms with Crippen molar-refractivity contribution in [2.45, 2.75) is 13.5 Å². The Balaban J connectivity index is 2.06. The van der Waals surface area contributed by atoms with Crippen molar-refractivity contribution in [2.24, 2.45) is 0 Å². The van der Waals surface area contributed by atoms with Gasteiger partial charge in [-0.1, -0.05) is 6.07 Å². The van der Waals surface area contributed by atoms with E-state index in [9.17, 15) is 4.79 Å². The summed E-state index contributed by atoms with van der Waals surface area (Å²) in [5.74, 6) is 0.0633. The Morgan fingerprint density at radius 2 is 2.10 bits per heavy atom. The smallest absolute Gasteiger partial charge is 0.253 e. The number of nitrogens with zero attached hydrogens (tertiary/aromatic N) is 4. The second kappa shape index (κ2) is 6.92. The first-order valence-electron chi connectivity index (χ1n) is 7.16. The second-order valence-corrected chi connectivity index (χ2v) is 5.10. The molecule has 0 unspecified atom stereocenters. The number of likely N-dealkylation sites (N-methyl/N-ethyl adjacent to an activating group) is 1. The fourth-order valence-corrected chi connectivity index (χ4v) is 2.16. The highest BCUT2D eigenvalue weighted by molar-refractivity contribution is 5.95. The number of anilines is 1. The summed E-state index contributed by atoms with van der Waals surface area (Å²) in [6, 6.07) is 9.60. The third-order valence-electron chi connectivity index (χ3n) is 3.44. The summed E-state index contributed by atoms with van der Waals surface area (Å²) in [7, 11) is 3.94. The van der Waals surface area contributed by atoms with E-state index in [1.807, 2.05) is 72.0 Å². The van der Waals surface area contributed by atoms with E-state index >= 15 is 0 Å². The van der Waals surface area contributed by atoms with E-state index in [0.29, 0.717) is 19.6 Å². The zero-order chi connectivity index (χ0) is 15.2. The Kier molecular flexibility index (Phi) is 4.98. The van der Waals surface area contributed by atoms with Crippen molar-refractivity contribution in [3.05, 3.63) is 48.3 Å². The maximum absolute atomic E-state index is 12.6. The van der Waals surface area contributed by atoms with Crippen LogP contribution in [0.5, 0.6) is 0 Å². The zero-order valence-corrected chi connectivity index (χ0v) is 12.9. The van der Waals surface area contributed by atoms with E-state index in [-0.39, 0.29) is 5.91 Å². The molecule has 1 heterocycles. The predicted molar refractivity (Wildman–Crippen MR) is 84.6 cm³/mol. The average Bonchev–Trinajstić information content (AvgIpc) is 3.01. The van der Waals surface area contributed by atoms with Crippen LogP contribution in [0.4, 0.5) is 5.69 Å². The van der Waals surface area contributed by atoms with Crippen molar-refractivity contribution in [3.63, 3.8) is 0 Å².